The summed E-state index contributed by atoms with van der Waals surface area (Å²) in [5, 5.41) is 11.6. The number of benzene rings is 1. The van der Waals surface area contributed by atoms with Gasteiger partial charge in [-0.2, -0.15) is 0 Å². The zero-order valence-corrected chi connectivity index (χ0v) is 12.6. The minimum Gasteiger partial charge on any atom is -0.481 e. The van der Waals surface area contributed by atoms with Crippen molar-refractivity contribution >= 4 is 11.9 Å². The highest BCUT2D eigenvalue weighted by Crippen LogP contribution is 2.15. The van der Waals surface area contributed by atoms with E-state index in [1.807, 2.05) is 6.07 Å². The van der Waals surface area contributed by atoms with Crippen molar-refractivity contribution in [2.24, 2.45) is 11.3 Å². The third-order valence-electron chi connectivity index (χ3n) is 3.49. The Hall–Kier alpha value is -1.91. The van der Waals surface area contributed by atoms with Gasteiger partial charge in [-0.3, -0.25) is 9.59 Å². The van der Waals surface area contributed by atoms with E-state index >= 15 is 0 Å². The lowest BCUT2D eigenvalue weighted by molar-refractivity contribution is -0.146. The molecule has 0 spiro atoms. The molecule has 0 saturated heterocycles. The van der Waals surface area contributed by atoms with Gasteiger partial charge in [0.1, 0.15) is 5.82 Å². The summed E-state index contributed by atoms with van der Waals surface area (Å²) in [5.74, 6) is -1.67. The minimum atomic E-state index is -0.988. The van der Waals surface area contributed by atoms with E-state index in [2.05, 4.69) is 5.32 Å². The van der Waals surface area contributed by atoms with Crippen molar-refractivity contribution in [3.8, 4) is 0 Å². The van der Waals surface area contributed by atoms with Crippen LogP contribution in [0.4, 0.5) is 4.39 Å². The van der Waals surface area contributed by atoms with Crippen molar-refractivity contribution < 1.29 is 19.1 Å². The van der Waals surface area contributed by atoms with Gasteiger partial charge in [-0.1, -0.05) is 19.1 Å². The van der Waals surface area contributed by atoms with Gasteiger partial charge in [-0.25, -0.2) is 4.39 Å². The molecule has 1 unspecified atom stereocenters. The standard InChI is InChI=1S/C16H22FNO3/c1-11(7-8-12-5-4-6-13(17)9-12)14(19)18-10-16(2,3)15(20)21/h4-6,9,11H,7-8,10H2,1-3H3,(H,18,19)(H,20,21). The van der Waals surface area contributed by atoms with Crippen LogP contribution in [0.5, 0.6) is 0 Å². The summed E-state index contributed by atoms with van der Waals surface area (Å²) in [5.41, 5.74) is -0.140. The van der Waals surface area contributed by atoms with Crippen LogP contribution < -0.4 is 5.32 Å². The summed E-state index contributed by atoms with van der Waals surface area (Å²) < 4.78 is 13.0. The number of hydrogen-bond acceptors (Lipinski definition) is 2. The van der Waals surface area contributed by atoms with Crippen LogP contribution in [-0.2, 0) is 16.0 Å². The van der Waals surface area contributed by atoms with Crippen LogP contribution in [0.3, 0.4) is 0 Å². The molecule has 0 bridgehead atoms. The van der Waals surface area contributed by atoms with Crippen LogP contribution in [0.1, 0.15) is 32.8 Å². The molecule has 0 saturated carbocycles. The fourth-order valence-corrected chi connectivity index (χ4v) is 1.76. The molecule has 1 rings (SSSR count). The smallest absolute Gasteiger partial charge is 0.310 e. The van der Waals surface area contributed by atoms with Gasteiger partial charge in [0.2, 0.25) is 5.91 Å². The molecule has 5 heteroatoms. The number of nitrogens with one attached hydrogen (secondary N) is 1. The van der Waals surface area contributed by atoms with E-state index in [9.17, 15) is 14.0 Å². The number of halogens is 1. The molecule has 2 N–H and O–H groups in total. The summed E-state index contributed by atoms with van der Waals surface area (Å²) in [6.45, 7) is 4.99. The zero-order valence-electron chi connectivity index (χ0n) is 12.6. The molecule has 0 radical (unpaired) electrons. The molecule has 116 valence electrons. The van der Waals surface area contributed by atoms with E-state index in [0.717, 1.165) is 5.56 Å². The molecule has 1 aromatic rings. The number of rotatable bonds is 7. The molecule has 0 aliphatic rings. The fourth-order valence-electron chi connectivity index (χ4n) is 1.76. The molecular formula is C16H22FNO3. The Morgan fingerprint density at radius 3 is 2.62 bits per heavy atom. The number of carboxylic acids is 1. The van der Waals surface area contributed by atoms with Crippen LogP contribution in [0.2, 0.25) is 0 Å². The topological polar surface area (TPSA) is 66.4 Å². The monoisotopic (exact) mass is 295 g/mol. The van der Waals surface area contributed by atoms with Crippen LogP contribution in [0, 0.1) is 17.2 Å². The van der Waals surface area contributed by atoms with Gasteiger partial charge in [-0.05, 0) is 44.4 Å². The predicted octanol–water partition coefficient (Wildman–Crippen LogP) is 2.62. The summed E-state index contributed by atoms with van der Waals surface area (Å²) in [4.78, 5) is 22.9. The second kappa shape index (κ2) is 7.20. The van der Waals surface area contributed by atoms with E-state index in [-0.39, 0.29) is 24.2 Å². The first-order valence-corrected chi connectivity index (χ1v) is 6.98. The maximum Gasteiger partial charge on any atom is 0.310 e. The number of aryl methyl sites for hydroxylation is 1. The SMILES string of the molecule is CC(CCc1cccc(F)c1)C(=O)NCC(C)(C)C(=O)O. The number of amides is 1. The van der Waals surface area contributed by atoms with Crippen LogP contribution in [-0.4, -0.2) is 23.5 Å². The molecule has 0 aliphatic heterocycles. The van der Waals surface area contributed by atoms with E-state index in [4.69, 9.17) is 5.11 Å². The molecule has 0 heterocycles. The van der Waals surface area contributed by atoms with Gasteiger partial charge in [-0.15, -0.1) is 0 Å². The summed E-state index contributed by atoms with van der Waals surface area (Å²) in [7, 11) is 0. The Labute approximate surface area is 124 Å². The van der Waals surface area contributed by atoms with Crippen molar-refractivity contribution in [1.29, 1.82) is 0 Å². The second-order valence-electron chi connectivity index (χ2n) is 5.98. The first-order valence-electron chi connectivity index (χ1n) is 6.98. The Morgan fingerprint density at radius 1 is 1.38 bits per heavy atom. The number of carboxylic acid groups (broad SMARTS) is 1. The van der Waals surface area contributed by atoms with Gasteiger partial charge in [0.05, 0.1) is 5.41 Å². The van der Waals surface area contributed by atoms with Gasteiger partial charge >= 0.3 is 5.97 Å². The van der Waals surface area contributed by atoms with Crippen molar-refractivity contribution in [2.75, 3.05) is 6.54 Å². The lowest BCUT2D eigenvalue weighted by Crippen LogP contribution is -2.40. The van der Waals surface area contributed by atoms with Crippen molar-refractivity contribution in [3.05, 3.63) is 35.6 Å². The van der Waals surface area contributed by atoms with E-state index in [1.165, 1.54) is 12.1 Å². The number of carbonyl (C=O) groups is 2. The average Bonchev–Trinajstić information content (AvgIpc) is 2.42. The lowest BCUT2D eigenvalue weighted by Gasteiger charge is -2.21. The summed E-state index contributed by atoms with van der Waals surface area (Å²) in [6.07, 6.45) is 1.19. The molecule has 1 aromatic carbocycles. The maximum absolute atomic E-state index is 13.0. The highest BCUT2D eigenvalue weighted by Gasteiger charge is 2.28. The fraction of sp³-hybridized carbons (Fsp3) is 0.500. The van der Waals surface area contributed by atoms with Crippen molar-refractivity contribution in [2.45, 2.75) is 33.6 Å². The molecule has 0 fully saturated rings. The largest absolute Gasteiger partial charge is 0.481 e. The number of carbonyl (C=O) groups excluding carboxylic acids is 1. The molecular weight excluding hydrogens is 273 g/mol. The molecule has 21 heavy (non-hydrogen) atoms. The van der Waals surface area contributed by atoms with E-state index < -0.39 is 11.4 Å². The Balaban J connectivity index is 2.43. The van der Waals surface area contributed by atoms with E-state index in [1.54, 1.807) is 26.8 Å². The number of aliphatic carboxylic acids is 1. The normalized spacial score (nSPS) is 12.8. The Morgan fingerprint density at radius 2 is 2.05 bits per heavy atom. The third-order valence-corrected chi connectivity index (χ3v) is 3.49. The maximum atomic E-state index is 13.0. The lowest BCUT2D eigenvalue weighted by atomic mass is 9.93. The Kier molecular flexibility index (Phi) is 5.88. The predicted molar refractivity (Wildman–Crippen MR) is 78.3 cm³/mol. The number of hydrogen-bond donors (Lipinski definition) is 2. The van der Waals surface area contributed by atoms with Gasteiger partial charge in [0.15, 0.2) is 0 Å². The molecule has 0 aromatic heterocycles. The van der Waals surface area contributed by atoms with Crippen LogP contribution in [0.25, 0.3) is 0 Å². The quantitative estimate of drug-likeness (QED) is 0.812. The van der Waals surface area contributed by atoms with E-state index in [0.29, 0.717) is 12.8 Å². The van der Waals surface area contributed by atoms with Crippen LogP contribution >= 0.6 is 0 Å². The molecule has 0 aliphatic carbocycles. The average molecular weight is 295 g/mol. The van der Waals surface area contributed by atoms with Gasteiger partial charge in [0, 0.05) is 12.5 Å². The van der Waals surface area contributed by atoms with Crippen molar-refractivity contribution in [1.82, 2.24) is 5.32 Å². The summed E-state index contributed by atoms with van der Waals surface area (Å²) >= 11 is 0. The zero-order chi connectivity index (χ0) is 16.0. The van der Waals surface area contributed by atoms with Crippen LogP contribution in [0.15, 0.2) is 24.3 Å². The highest BCUT2D eigenvalue weighted by molar-refractivity contribution is 5.80. The third kappa shape index (κ3) is 5.53. The summed E-state index contributed by atoms with van der Waals surface area (Å²) in [6, 6.07) is 6.30. The first-order chi connectivity index (χ1) is 9.72. The molecule has 1 atom stereocenters. The van der Waals surface area contributed by atoms with Gasteiger partial charge < -0.3 is 10.4 Å². The molecule has 4 nitrogen and oxygen atoms in total. The second-order valence-corrected chi connectivity index (χ2v) is 5.98. The van der Waals surface area contributed by atoms with Gasteiger partial charge in [0.25, 0.3) is 0 Å². The molecule has 1 amide bonds. The Bertz CT molecular complexity index is 514. The minimum absolute atomic E-state index is 0.0888. The first kappa shape index (κ1) is 17.1. The highest BCUT2D eigenvalue weighted by atomic mass is 19.1. The van der Waals surface area contributed by atoms with Crippen molar-refractivity contribution in [3.63, 3.8) is 0 Å².